The van der Waals surface area contributed by atoms with E-state index >= 15 is 0 Å². The fourth-order valence-electron chi connectivity index (χ4n) is 4.04. The molecule has 1 aliphatic heterocycles. The maximum absolute atomic E-state index is 6.22. The largest absolute Gasteiger partial charge is 0.297 e. The Morgan fingerprint density at radius 3 is 2.54 bits per heavy atom. The first-order chi connectivity index (χ1) is 11.7. The van der Waals surface area contributed by atoms with Crippen molar-refractivity contribution in [3.05, 3.63) is 28.8 Å². The van der Waals surface area contributed by atoms with Crippen molar-refractivity contribution in [3.63, 3.8) is 0 Å². The van der Waals surface area contributed by atoms with E-state index in [2.05, 4.69) is 31.2 Å². The zero-order valence-electron chi connectivity index (χ0n) is 14.2. The van der Waals surface area contributed by atoms with Gasteiger partial charge in [0.2, 0.25) is 0 Å². The van der Waals surface area contributed by atoms with E-state index in [9.17, 15) is 0 Å². The first-order valence-electron chi connectivity index (χ1n) is 9.01. The lowest BCUT2D eigenvalue weighted by molar-refractivity contribution is 0.170. The Bertz CT molecular complexity index is 679. The van der Waals surface area contributed by atoms with Gasteiger partial charge in [-0.3, -0.25) is 9.58 Å². The van der Waals surface area contributed by atoms with Crippen LogP contribution in [0.3, 0.4) is 0 Å². The van der Waals surface area contributed by atoms with E-state index in [1.807, 2.05) is 13.2 Å². The normalized spacial score (nSPS) is 20.9. The molecular formula is C17H25ClN6. The minimum absolute atomic E-state index is 0.475. The molecule has 0 aromatic carbocycles. The molecule has 6 nitrogen and oxygen atoms in total. The molecule has 0 unspecified atom stereocenters. The summed E-state index contributed by atoms with van der Waals surface area (Å²) in [4.78, 5) is 2.43. The van der Waals surface area contributed by atoms with E-state index in [4.69, 9.17) is 11.6 Å². The smallest absolute Gasteiger partial charge is 0.0950 e. The van der Waals surface area contributed by atoms with Gasteiger partial charge in [-0.15, -0.1) is 5.10 Å². The summed E-state index contributed by atoms with van der Waals surface area (Å²) in [6, 6.07) is 0.475. The van der Waals surface area contributed by atoms with Gasteiger partial charge in [-0.1, -0.05) is 29.7 Å². The van der Waals surface area contributed by atoms with Crippen LogP contribution >= 0.6 is 11.6 Å². The zero-order valence-corrected chi connectivity index (χ0v) is 15.0. The topological polar surface area (TPSA) is 51.8 Å². The molecule has 4 rings (SSSR count). The monoisotopic (exact) mass is 348 g/mol. The Morgan fingerprint density at radius 2 is 1.88 bits per heavy atom. The Balaban J connectivity index is 1.33. The van der Waals surface area contributed by atoms with Crippen LogP contribution in [0.1, 0.15) is 61.9 Å². The van der Waals surface area contributed by atoms with E-state index < -0.39 is 0 Å². The van der Waals surface area contributed by atoms with Crippen LogP contribution in [0.2, 0.25) is 5.02 Å². The molecule has 2 aliphatic rings. The van der Waals surface area contributed by atoms with Gasteiger partial charge in [-0.05, 0) is 25.7 Å². The molecule has 7 heteroatoms. The first kappa shape index (κ1) is 16.1. The summed E-state index contributed by atoms with van der Waals surface area (Å²) in [5.74, 6) is 0.644. The summed E-state index contributed by atoms with van der Waals surface area (Å²) in [5, 5.41) is 14.1. The van der Waals surface area contributed by atoms with Crippen LogP contribution in [0.4, 0.5) is 0 Å². The van der Waals surface area contributed by atoms with E-state index in [-0.39, 0.29) is 0 Å². The zero-order chi connectivity index (χ0) is 16.5. The minimum Gasteiger partial charge on any atom is -0.297 e. The van der Waals surface area contributed by atoms with Crippen LogP contribution < -0.4 is 0 Å². The average molecular weight is 349 g/mol. The Labute approximate surface area is 147 Å². The van der Waals surface area contributed by atoms with E-state index in [0.717, 1.165) is 43.2 Å². The van der Waals surface area contributed by atoms with Crippen molar-refractivity contribution in [1.29, 1.82) is 0 Å². The van der Waals surface area contributed by atoms with Crippen LogP contribution in [0.5, 0.6) is 0 Å². The third kappa shape index (κ3) is 3.35. The molecule has 1 saturated heterocycles. The van der Waals surface area contributed by atoms with Gasteiger partial charge < -0.3 is 0 Å². The van der Waals surface area contributed by atoms with Gasteiger partial charge in [0.1, 0.15) is 0 Å². The number of hydrogen-bond donors (Lipinski definition) is 0. The van der Waals surface area contributed by atoms with Crippen molar-refractivity contribution in [2.45, 2.75) is 57.0 Å². The van der Waals surface area contributed by atoms with Crippen LogP contribution in [-0.4, -0.2) is 42.8 Å². The van der Waals surface area contributed by atoms with E-state index in [1.54, 1.807) is 4.68 Å². The van der Waals surface area contributed by atoms with Crippen molar-refractivity contribution >= 4 is 11.6 Å². The quantitative estimate of drug-likeness (QED) is 0.851. The van der Waals surface area contributed by atoms with Crippen molar-refractivity contribution in [2.24, 2.45) is 7.05 Å². The fraction of sp³-hybridized carbons (Fsp3) is 0.706. The van der Waals surface area contributed by atoms with Crippen LogP contribution in [0.15, 0.2) is 12.4 Å². The third-order valence-electron chi connectivity index (χ3n) is 5.46. The number of hydrogen-bond acceptors (Lipinski definition) is 4. The predicted molar refractivity (Wildman–Crippen MR) is 93.0 cm³/mol. The number of rotatable bonds is 4. The molecule has 2 aromatic rings. The third-order valence-corrected chi connectivity index (χ3v) is 5.78. The summed E-state index contributed by atoms with van der Waals surface area (Å²) in [5.41, 5.74) is 2.18. The van der Waals surface area contributed by atoms with E-state index in [1.165, 1.54) is 31.4 Å². The molecule has 2 fully saturated rings. The van der Waals surface area contributed by atoms with Gasteiger partial charge in [-0.2, -0.15) is 5.10 Å². The van der Waals surface area contributed by atoms with Crippen LogP contribution in [0.25, 0.3) is 0 Å². The molecule has 130 valence electrons. The SMILES string of the molecule is Cn1cc(Cl)c(CN2CCC(n3cc(C4CCCC4)nn3)CC2)n1. The molecule has 2 aromatic heterocycles. The first-order valence-corrected chi connectivity index (χ1v) is 9.39. The summed E-state index contributed by atoms with van der Waals surface area (Å²) in [6.07, 6.45) is 11.5. The number of aryl methyl sites for hydroxylation is 1. The molecule has 0 atom stereocenters. The Morgan fingerprint density at radius 1 is 1.12 bits per heavy atom. The second kappa shape index (κ2) is 6.84. The molecule has 0 bridgehead atoms. The van der Waals surface area contributed by atoms with Crippen LogP contribution in [-0.2, 0) is 13.6 Å². The lowest BCUT2D eigenvalue weighted by atomic mass is 10.0. The molecule has 24 heavy (non-hydrogen) atoms. The highest BCUT2D eigenvalue weighted by Crippen LogP contribution is 2.33. The van der Waals surface area contributed by atoms with E-state index in [0.29, 0.717) is 12.0 Å². The van der Waals surface area contributed by atoms with Gasteiger partial charge in [0, 0.05) is 45.0 Å². The summed E-state index contributed by atoms with van der Waals surface area (Å²) in [6.45, 7) is 2.93. The van der Waals surface area contributed by atoms with Gasteiger partial charge in [0.25, 0.3) is 0 Å². The molecular weight excluding hydrogens is 324 g/mol. The summed E-state index contributed by atoms with van der Waals surface area (Å²) in [7, 11) is 1.91. The number of likely N-dealkylation sites (tertiary alicyclic amines) is 1. The minimum atomic E-state index is 0.475. The second-order valence-corrected chi connectivity index (χ2v) is 7.62. The van der Waals surface area contributed by atoms with Crippen LogP contribution in [0, 0.1) is 0 Å². The number of nitrogens with zero attached hydrogens (tertiary/aromatic N) is 6. The van der Waals surface area contributed by atoms with Crippen molar-refractivity contribution < 1.29 is 0 Å². The van der Waals surface area contributed by atoms with Crippen molar-refractivity contribution in [2.75, 3.05) is 13.1 Å². The van der Waals surface area contributed by atoms with Gasteiger partial charge in [0.15, 0.2) is 0 Å². The number of piperidine rings is 1. The highest BCUT2D eigenvalue weighted by atomic mass is 35.5. The van der Waals surface area contributed by atoms with Gasteiger partial charge in [0.05, 0.1) is 22.5 Å². The van der Waals surface area contributed by atoms with Gasteiger partial charge >= 0.3 is 0 Å². The number of aromatic nitrogens is 5. The fourth-order valence-corrected chi connectivity index (χ4v) is 4.28. The van der Waals surface area contributed by atoms with Gasteiger partial charge in [-0.25, -0.2) is 4.68 Å². The average Bonchev–Trinajstić information content (AvgIpc) is 3.30. The Hall–Kier alpha value is -1.40. The molecule has 0 amide bonds. The Kier molecular flexibility index (Phi) is 4.59. The molecule has 1 aliphatic carbocycles. The highest BCUT2D eigenvalue weighted by molar-refractivity contribution is 6.31. The molecule has 0 spiro atoms. The maximum Gasteiger partial charge on any atom is 0.0950 e. The standard InChI is InChI=1S/C17H25ClN6/c1-22-10-15(18)17(20-22)11-23-8-6-14(7-9-23)24-12-16(19-21-24)13-4-2-3-5-13/h10,12-14H,2-9,11H2,1H3. The molecule has 3 heterocycles. The maximum atomic E-state index is 6.22. The number of halogens is 1. The predicted octanol–water partition coefficient (Wildman–Crippen LogP) is 3.16. The molecule has 0 N–H and O–H groups in total. The lowest BCUT2D eigenvalue weighted by Gasteiger charge is -2.31. The second-order valence-electron chi connectivity index (χ2n) is 7.21. The lowest BCUT2D eigenvalue weighted by Crippen LogP contribution is -2.34. The highest BCUT2D eigenvalue weighted by Gasteiger charge is 2.25. The molecule has 1 saturated carbocycles. The molecule has 0 radical (unpaired) electrons. The van der Waals surface area contributed by atoms with Crippen molar-refractivity contribution in [1.82, 2.24) is 29.7 Å². The summed E-state index contributed by atoms with van der Waals surface area (Å²) < 4.78 is 3.89. The van der Waals surface area contributed by atoms with Crippen molar-refractivity contribution in [3.8, 4) is 0 Å². The summed E-state index contributed by atoms with van der Waals surface area (Å²) >= 11 is 6.22.